The second kappa shape index (κ2) is 41.3. The van der Waals surface area contributed by atoms with Gasteiger partial charge in [0.15, 0.2) is 0 Å². The number of carbonyl (C=O) groups excluding carboxylic acids is 1. The van der Waals surface area contributed by atoms with Gasteiger partial charge in [0.1, 0.15) is 0 Å². The number of carbonyl (C=O) groups is 1. The molecule has 3 atom stereocenters. The maximum Gasteiger partial charge on any atom is 0.222 e. The summed E-state index contributed by atoms with van der Waals surface area (Å²) in [5, 5.41) is 33.2. The van der Waals surface area contributed by atoms with E-state index in [2.05, 4.69) is 43.5 Å². The Bertz CT molecular complexity index is 794. The molecule has 0 rings (SSSR count). The van der Waals surface area contributed by atoms with Crippen molar-refractivity contribution in [3.05, 3.63) is 36.5 Å². The average Bonchev–Trinajstić information content (AvgIpc) is 3.12. The Hall–Kier alpha value is -1.43. The van der Waals surface area contributed by atoms with Crippen molar-refractivity contribution in [1.29, 1.82) is 0 Å². The Balaban J connectivity index is 3.73. The predicted molar refractivity (Wildman–Crippen MR) is 222 cm³/mol. The van der Waals surface area contributed by atoms with E-state index in [1.54, 1.807) is 6.08 Å². The molecule has 0 aliphatic rings. The summed E-state index contributed by atoms with van der Waals surface area (Å²) >= 11 is 0. The first-order chi connectivity index (χ1) is 25.0. The van der Waals surface area contributed by atoms with Crippen molar-refractivity contribution in [2.75, 3.05) is 6.61 Å². The SMILES string of the molecule is CCCCCCCCCCCC/C=C/CC/C=C/CC/C=C/C(O)C(CO)NC(=O)CC(O)CCCCCCCCCCCCCCCCCC. The predicted octanol–water partition coefficient (Wildman–Crippen LogP) is 12.8. The van der Waals surface area contributed by atoms with Crippen LogP contribution in [-0.2, 0) is 4.79 Å². The number of rotatable bonds is 40. The molecule has 0 fully saturated rings. The van der Waals surface area contributed by atoms with Crippen LogP contribution in [0.5, 0.6) is 0 Å². The van der Waals surface area contributed by atoms with Gasteiger partial charge in [-0.15, -0.1) is 0 Å². The van der Waals surface area contributed by atoms with Crippen LogP contribution < -0.4 is 5.32 Å². The summed E-state index contributed by atoms with van der Waals surface area (Å²) in [5.74, 6) is -0.328. The molecule has 0 saturated heterocycles. The molecule has 51 heavy (non-hydrogen) atoms. The Kier molecular flexibility index (Phi) is 40.2. The van der Waals surface area contributed by atoms with Crippen LogP contribution in [0.25, 0.3) is 0 Å². The summed E-state index contributed by atoms with van der Waals surface area (Å²) < 4.78 is 0. The molecule has 0 heterocycles. The summed E-state index contributed by atoms with van der Waals surface area (Å²) in [6.45, 7) is 4.20. The lowest BCUT2D eigenvalue weighted by Gasteiger charge is -2.21. The van der Waals surface area contributed by atoms with E-state index in [-0.39, 0.29) is 18.9 Å². The zero-order valence-corrected chi connectivity index (χ0v) is 34.0. The summed E-state index contributed by atoms with van der Waals surface area (Å²) in [7, 11) is 0. The van der Waals surface area contributed by atoms with E-state index >= 15 is 0 Å². The molecule has 5 nitrogen and oxygen atoms in total. The minimum atomic E-state index is -0.957. The first-order valence-corrected chi connectivity index (χ1v) is 22.3. The summed E-state index contributed by atoms with van der Waals surface area (Å²) in [4.78, 5) is 12.4. The van der Waals surface area contributed by atoms with Crippen LogP contribution in [0.2, 0.25) is 0 Å². The summed E-state index contributed by atoms with van der Waals surface area (Å²) in [5.41, 5.74) is 0. The number of hydrogen-bond donors (Lipinski definition) is 4. The average molecular weight is 718 g/mol. The van der Waals surface area contributed by atoms with Gasteiger partial charge in [-0.2, -0.15) is 0 Å². The van der Waals surface area contributed by atoms with E-state index in [4.69, 9.17) is 0 Å². The Morgan fingerprint density at radius 3 is 1.25 bits per heavy atom. The Morgan fingerprint density at radius 1 is 0.490 bits per heavy atom. The molecule has 0 aliphatic carbocycles. The van der Waals surface area contributed by atoms with Crippen molar-refractivity contribution >= 4 is 5.91 Å². The van der Waals surface area contributed by atoms with Gasteiger partial charge < -0.3 is 20.6 Å². The number of allylic oxidation sites excluding steroid dienone is 5. The maximum atomic E-state index is 12.4. The van der Waals surface area contributed by atoms with Crippen molar-refractivity contribution in [3.8, 4) is 0 Å². The fourth-order valence-electron chi connectivity index (χ4n) is 6.72. The van der Waals surface area contributed by atoms with Crippen LogP contribution in [0.3, 0.4) is 0 Å². The summed E-state index contributed by atoms with van der Waals surface area (Å²) in [6, 6.07) is -0.765. The molecule has 0 aliphatic heterocycles. The topological polar surface area (TPSA) is 89.8 Å². The first kappa shape index (κ1) is 49.6. The van der Waals surface area contributed by atoms with E-state index in [0.29, 0.717) is 6.42 Å². The van der Waals surface area contributed by atoms with E-state index in [9.17, 15) is 20.1 Å². The number of hydrogen-bond acceptors (Lipinski definition) is 4. The highest BCUT2D eigenvalue weighted by atomic mass is 16.3. The summed E-state index contributed by atoms with van der Waals surface area (Å²) in [6.07, 6.45) is 51.4. The third-order valence-electron chi connectivity index (χ3n) is 10.2. The number of aliphatic hydroxyl groups is 3. The van der Waals surface area contributed by atoms with Crippen molar-refractivity contribution in [2.24, 2.45) is 0 Å². The monoisotopic (exact) mass is 718 g/mol. The highest BCUT2D eigenvalue weighted by molar-refractivity contribution is 5.76. The largest absolute Gasteiger partial charge is 0.394 e. The van der Waals surface area contributed by atoms with Gasteiger partial charge in [-0.25, -0.2) is 0 Å². The maximum absolute atomic E-state index is 12.4. The number of nitrogens with one attached hydrogen (secondary N) is 1. The van der Waals surface area contributed by atoms with Crippen LogP contribution >= 0.6 is 0 Å². The fraction of sp³-hybridized carbons (Fsp3) is 0.848. The molecule has 0 spiro atoms. The smallest absolute Gasteiger partial charge is 0.222 e. The molecule has 4 N–H and O–H groups in total. The molecule has 0 bridgehead atoms. The molecule has 0 saturated carbocycles. The Morgan fingerprint density at radius 2 is 0.843 bits per heavy atom. The Labute approximate surface area is 317 Å². The third-order valence-corrected chi connectivity index (χ3v) is 10.2. The van der Waals surface area contributed by atoms with Crippen molar-refractivity contribution in [3.63, 3.8) is 0 Å². The van der Waals surface area contributed by atoms with Gasteiger partial charge in [0.25, 0.3) is 0 Å². The zero-order chi connectivity index (χ0) is 37.3. The molecule has 3 unspecified atom stereocenters. The second-order valence-electron chi connectivity index (χ2n) is 15.3. The van der Waals surface area contributed by atoms with Crippen molar-refractivity contribution in [2.45, 2.75) is 244 Å². The van der Waals surface area contributed by atoms with E-state index < -0.39 is 18.2 Å². The lowest BCUT2D eigenvalue weighted by molar-refractivity contribution is -0.124. The van der Waals surface area contributed by atoms with Gasteiger partial charge in [0.2, 0.25) is 5.91 Å². The van der Waals surface area contributed by atoms with Crippen LogP contribution in [0.1, 0.15) is 226 Å². The lowest BCUT2D eigenvalue weighted by Crippen LogP contribution is -2.45. The number of amides is 1. The lowest BCUT2D eigenvalue weighted by atomic mass is 10.0. The van der Waals surface area contributed by atoms with E-state index in [1.807, 2.05) is 6.08 Å². The van der Waals surface area contributed by atoms with Crippen molar-refractivity contribution < 1.29 is 20.1 Å². The molecule has 0 radical (unpaired) electrons. The second-order valence-corrected chi connectivity index (χ2v) is 15.3. The van der Waals surface area contributed by atoms with E-state index in [1.165, 1.54) is 161 Å². The standard InChI is InChI=1S/C46H87NO4/c1-3-5-7-9-11-13-15-17-19-21-22-23-24-26-28-30-32-34-36-38-40-45(50)44(42-48)47-46(51)41-43(49)39-37-35-33-31-29-27-25-20-18-16-14-12-10-8-6-4-2/h23-24,30,32,38,40,43-45,48-50H,3-22,25-29,31,33-37,39,41-42H2,1-2H3,(H,47,51)/b24-23+,32-30+,40-38+. The molecule has 0 aromatic rings. The van der Waals surface area contributed by atoms with Crippen LogP contribution in [0.4, 0.5) is 0 Å². The number of aliphatic hydroxyl groups excluding tert-OH is 3. The van der Waals surface area contributed by atoms with Gasteiger partial charge in [-0.05, 0) is 44.9 Å². The molecular weight excluding hydrogens is 631 g/mol. The van der Waals surface area contributed by atoms with Crippen LogP contribution in [-0.4, -0.2) is 46.1 Å². The normalized spacial score (nSPS) is 13.9. The highest BCUT2D eigenvalue weighted by Crippen LogP contribution is 2.15. The van der Waals surface area contributed by atoms with Gasteiger partial charge >= 0.3 is 0 Å². The zero-order valence-electron chi connectivity index (χ0n) is 34.0. The van der Waals surface area contributed by atoms with Gasteiger partial charge in [-0.1, -0.05) is 211 Å². The molecule has 0 aromatic carbocycles. The molecule has 5 heteroatoms. The van der Waals surface area contributed by atoms with Gasteiger partial charge in [0, 0.05) is 0 Å². The van der Waals surface area contributed by atoms with Crippen LogP contribution in [0, 0.1) is 0 Å². The molecule has 300 valence electrons. The third kappa shape index (κ3) is 38.1. The first-order valence-electron chi connectivity index (χ1n) is 22.3. The molecule has 1 amide bonds. The molecule has 0 aromatic heterocycles. The highest BCUT2D eigenvalue weighted by Gasteiger charge is 2.20. The number of unbranched alkanes of at least 4 members (excludes halogenated alkanes) is 27. The van der Waals surface area contributed by atoms with Crippen LogP contribution in [0.15, 0.2) is 36.5 Å². The minimum absolute atomic E-state index is 0.00493. The van der Waals surface area contributed by atoms with Crippen molar-refractivity contribution in [1.82, 2.24) is 5.32 Å². The fourth-order valence-corrected chi connectivity index (χ4v) is 6.72. The van der Waals surface area contributed by atoms with Gasteiger partial charge in [-0.3, -0.25) is 4.79 Å². The van der Waals surface area contributed by atoms with E-state index in [0.717, 1.165) is 38.5 Å². The molecular formula is C46H87NO4. The minimum Gasteiger partial charge on any atom is -0.394 e. The van der Waals surface area contributed by atoms with Gasteiger partial charge in [0.05, 0.1) is 31.3 Å². The quantitative estimate of drug-likeness (QED) is 0.0375.